The standard InChI is InChI=1S/C16H18ClN3OS/c1-2-20-15(11-7-9-12(17)10-8-11)18-19-16(20)22-14-6-4-3-5-13(14)21/h7-10,14H,2-6H2,1H3/t14-/m1/s1. The average molecular weight is 336 g/mol. The van der Waals surface area contributed by atoms with Crippen LogP contribution in [0, 0.1) is 0 Å². The summed E-state index contributed by atoms with van der Waals surface area (Å²) < 4.78 is 2.07. The Labute approximate surface area is 139 Å². The second-order valence-corrected chi connectivity index (χ2v) is 6.98. The number of carbonyl (C=O) groups excluding carboxylic acids is 1. The minimum atomic E-state index is 0.0290. The zero-order chi connectivity index (χ0) is 15.5. The molecule has 4 nitrogen and oxygen atoms in total. The molecule has 1 fully saturated rings. The van der Waals surface area contributed by atoms with Gasteiger partial charge in [-0.1, -0.05) is 29.8 Å². The number of hydrogen-bond acceptors (Lipinski definition) is 4. The molecule has 6 heteroatoms. The number of nitrogens with zero attached hydrogens (tertiary/aromatic N) is 3. The zero-order valence-corrected chi connectivity index (χ0v) is 14.0. The van der Waals surface area contributed by atoms with E-state index in [1.165, 1.54) is 0 Å². The molecule has 0 unspecified atom stereocenters. The maximum atomic E-state index is 12.0. The van der Waals surface area contributed by atoms with Gasteiger partial charge in [0, 0.05) is 23.6 Å². The summed E-state index contributed by atoms with van der Waals surface area (Å²) >= 11 is 7.49. The van der Waals surface area contributed by atoms with E-state index in [0.29, 0.717) is 17.2 Å². The molecule has 0 saturated heterocycles. The van der Waals surface area contributed by atoms with Gasteiger partial charge in [-0.3, -0.25) is 4.79 Å². The lowest BCUT2D eigenvalue weighted by atomic mass is 9.99. The second-order valence-electron chi connectivity index (χ2n) is 5.38. The first kappa shape index (κ1) is 15.6. The minimum absolute atomic E-state index is 0.0290. The first-order chi connectivity index (χ1) is 10.7. The smallest absolute Gasteiger partial charge is 0.192 e. The molecule has 0 N–H and O–H groups in total. The van der Waals surface area contributed by atoms with Gasteiger partial charge in [0.25, 0.3) is 0 Å². The van der Waals surface area contributed by atoms with E-state index in [4.69, 9.17) is 11.6 Å². The average Bonchev–Trinajstić information content (AvgIpc) is 2.93. The Morgan fingerprint density at radius 2 is 2.05 bits per heavy atom. The Balaban J connectivity index is 1.87. The van der Waals surface area contributed by atoms with Crippen molar-refractivity contribution in [1.29, 1.82) is 0 Å². The van der Waals surface area contributed by atoms with E-state index in [9.17, 15) is 4.79 Å². The van der Waals surface area contributed by atoms with E-state index in [0.717, 1.165) is 42.4 Å². The second kappa shape index (κ2) is 6.84. The van der Waals surface area contributed by atoms with Crippen molar-refractivity contribution >= 4 is 29.1 Å². The fraction of sp³-hybridized carbons (Fsp3) is 0.438. The normalized spacial score (nSPS) is 18.6. The highest BCUT2D eigenvalue weighted by Gasteiger charge is 2.26. The number of carbonyl (C=O) groups is 1. The number of benzene rings is 1. The molecule has 0 bridgehead atoms. The summed E-state index contributed by atoms with van der Waals surface area (Å²) in [5.74, 6) is 1.17. The van der Waals surface area contributed by atoms with Gasteiger partial charge in [0.1, 0.15) is 5.78 Å². The van der Waals surface area contributed by atoms with Gasteiger partial charge in [-0.15, -0.1) is 10.2 Å². The molecule has 0 radical (unpaired) electrons. The number of ketones is 1. The SMILES string of the molecule is CCn1c(S[C@@H]2CCCCC2=O)nnc1-c1ccc(Cl)cc1. The predicted molar refractivity (Wildman–Crippen MR) is 89.3 cm³/mol. The van der Waals surface area contributed by atoms with Crippen molar-refractivity contribution in [3.63, 3.8) is 0 Å². The third kappa shape index (κ3) is 3.20. The molecule has 1 aromatic carbocycles. The zero-order valence-electron chi connectivity index (χ0n) is 12.5. The largest absolute Gasteiger partial charge is 0.302 e. The van der Waals surface area contributed by atoms with Crippen LogP contribution in [0.15, 0.2) is 29.4 Å². The fourth-order valence-electron chi connectivity index (χ4n) is 2.68. The first-order valence-corrected chi connectivity index (χ1v) is 8.83. The van der Waals surface area contributed by atoms with Crippen LogP contribution in [0.25, 0.3) is 11.4 Å². The van der Waals surface area contributed by atoms with E-state index < -0.39 is 0 Å². The lowest BCUT2D eigenvalue weighted by Crippen LogP contribution is -2.21. The highest BCUT2D eigenvalue weighted by molar-refractivity contribution is 8.00. The third-order valence-electron chi connectivity index (χ3n) is 3.88. The fourth-order valence-corrected chi connectivity index (χ4v) is 4.02. The van der Waals surface area contributed by atoms with Crippen LogP contribution >= 0.6 is 23.4 Å². The van der Waals surface area contributed by atoms with Gasteiger partial charge in [0.05, 0.1) is 5.25 Å². The van der Waals surface area contributed by atoms with Crippen LogP contribution < -0.4 is 0 Å². The van der Waals surface area contributed by atoms with Crippen LogP contribution in [0.2, 0.25) is 5.02 Å². The highest BCUT2D eigenvalue weighted by Crippen LogP contribution is 2.32. The summed E-state index contributed by atoms with van der Waals surface area (Å²) in [7, 11) is 0. The van der Waals surface area contributed by atoms with Gasteiger partial charge in [0.2, 0.25) is 0 Å². The lowest BCUT2D eigenvalue weighted by molar-refractivity contribution is -0.119. The molecular weight excluding hydrogens is 318 g/mol. The Kier molecular flexibility index (Phi) is 4.84. The Morgan fingerprint density at radius 1 is 1.27 bits per heavy atom. The summed E-state index contributed by atoms with van der Waals surface area (Å²) in [5, 5.41) is 10.2. The Bertz CT molecular complexity index is 669. The number of halogens is 1. The number of rotatable bonds is 4. The molecule has 0 spiro atoms. The molecule has 1 aliphatic carbocycles. The van der Waals surface area contributed by atoms with E-state index in [1.54, 1.807) is 11.8 Å². The summed E-state index contributed by atoms with van der Waals surface area (Å²) in [5.41, 5.74) is 0.987. The topological polar surface area (TPSA) is 47.8 Å². The van der Waals surface area contributed by atoms with Crippen molar-refractivity contribution in [1.82, 2.24) is 14.8 Å². The third-order valence-corrected chi connectivity index (χ3v) is 5.43. The van der Waals surface area contributed by atoms with Gasteiger partial charge in [-0.05, 0) is 44.0 Å². The first-order valence-electron chi connectivity index (χ1n) is 7.57. The quantitative estimate of drug-likeness (QED) is 0.839. The summed E-state index contributed by atoms with van der Waals surface area (Å²) in [4.78, 5) is 12.0. The van der Waals surface area contributed by atoms with E-state index in [1.807, 2.05) is 24.3 Å². The van der Waals surface area contributed by atoms with Crippen LogP contribution in [0.4, 0.5) is 0 Å². The summed E-state index contributed by atoms with van der Waals surface area (Å²) in [6, 6.07) is 7.59. The van der Waals surface area contributed by atoms with Crippen molar-refractivity contribution in [2.24, 2.45) is 0 Å². The van der Waals surface area contributed by atoms with Gasteiger partial charge >= 0.3 is 0 Å². The predicted octanol–water partition coefficient (Wildman–Crippen LogP) is 4.22. The molecule has 1 aliphatic rings. The molecule has 116 valence electrons. The van der Waals surface area contributed by atoms with E-state index in [-0.39, 0.29) is 5.25 Å². The molecule has 1 saturated carbocycles. The highest BCUT2D eigenvalue weighted by atomic mass is 35.5. The van der Waals surface area contributed by atoms with Crippen molar-refractivity contribution in [2.45, 2.75) is 49.6 Å². The summed E-state index contributed by atoms with van der Waals surface area (Å²) in [6.45, 7) is 2.84. The van der Waals surface area contributed by atoms with Crippen molar-refractivity contribution in [3.05, 3.63) is 29.3 Å². The van der Waals surface area contributed by atoms with Crippen molar-refractivity contribution in [2.75, 3.05) is 0 Å². The number of Topliss-reactive ketones (excluding diaryl/α,β-unsaturated/α-hetero) is 1. The maximum Gasteiger partial charge on any atom is 0.192 e. The van der Waals surface area contributed by atoms with Gasteiger partial charge < -0.3 is 4.57 Å². The lowest BCUT2D eigenvalue weighted by Gasteiger charge is -2.19. The molecule has 0 amide bonds. The molecule has 22 heavy (non-hydrogen) atoms. The number of aromatic nitrogens is 3. The number of thioether (sulfide) groups is 1. The van der Waals surface area contributed by atoms with Gasteiger partial charge in [-0.2, -0.15) is 0 Å². The maximum absolute atomic E-state index is 12.0. The summed E-state index contributed by atoms with van der Waals surface area (Å²) in [6.07, 6.45) is 3.78. The minimum Gasteiger partial charge on any atom is -0.302 e. The Hall–Kier alpha value is -1.33. The van der Waals surface area contributed by atoms with Gasteiger partial charge in [0.15, 0.2) is 11.0 Å². The van der Waals surface area contributed by atoms with E-state index >= 15 is 0 Å². The van der Waals surface area contributed by atoms with E-state index in [2.05, 4.69) is 21.7 Å². The van der Waals surface area contributed by atoms with Crippen molar-refractivity contribution in [3.8, 4) is 11.4 Å². The van der Waals surface area contributed by atoms with Crippen LogP contribution in [0.5, 0.6) is 0 Å². The molecule has 1 heterocycles. The molecule has 3 rings (SSSR count). The van der Waals surface area contributed by atoms with Crippen molar-refractivity contribution < 1.29 is 4.79 Å². The molecule has 2 aromatic rings. The van der Waals surface area contributed by atoms with Crippen LogP contribution in [-0.4, -0.2) is 25.8 Å². The number of hydrogen-bond donors (Lipinski definition) is 0. The molecule has 0 aliphatic heterocycles. The molecular formula is C16H18ClN3OS. The Morgan fingerprint density at radius 3 is 2.73 bits per heavy atom. The van der Waals surface area contributed by atoms with Crippen LogP contribution in [0.1, 0.15) is 32.6 Å². The molecule has 1 atom stereocenters. The van der Waals surface area contributed by atoms with Gasteiger partial charge in [-0.25, -0.2) is 0 Å². The monoisotopic (exact) mass is 335 g/mol. The molecule has 1 aromatic heterocycles. The van der Waals surface area contributed by atoms with Crippen LogP contribution in [0.3, 0.4) is 0 Å². The van der Waals surface area contributed by atoms with Crippen LogP contribution in [-0.2, 0) is 11.3 Å².